The number of hydrogen-bond acceptors (Lipinski definition) is 4. The molecule has 3 heterocycles. The van der Waals surface area contributed by atoms with Crippen molar-refractivity contribution in [3.05, 3.63) is 35.6 Å². The van der Waals surface area contributed by atoms with Gasteiger partial charge in [-0.15, -0.1) is 24.2 Å². The second-order valence-electron chi connectivity index (χ2n) is 3.97. The minimum Gasteiger partial charge on any atom is -0.365 e. The summed E-state index contributed by atoms with van der Waals surface area (Å²) in [6.45, 7) is 0.853. The second kappa shape index (κ2) is 5.54. The lowest BCUT2D eigenvalue weighted by atomic mass is 10.2. The van der Waals surface area contributed by atoms with Crippen molar-refractivity contribution in [3.63, 3.8) is 0 Å². The van der Waals surface area contributed by atoms with Gasteiger partial charge < -0.3 is 15.6 Å². The Morgan fingerprint density at radius 1 is 1.47 bits per heavy atom. The van der Waals surface area contributed by atoms with Crippen LogP contribution in [0.4, 0.5) is 5.69 Å². The molecule has 3 rings (SSSR count). The van der Waals surface area contributed by atoms with Crippen LogP contribution in [0.1, 0.15) is 0 Å². The van der Waals surface area contributed by atoms with E-state index in [1.54, 1.807) is 6.20 Å². The van der Waals surface area contributed by atoms with E-state index in [1.807, 2.05) is 24.5 Å². The molecule has 1 amide bonds. The van der Waals surface area contributed by atoms with Gasteiger partial charge in [0.2, 0.25) is 0 Å². The smallest absolute Gasteiger partial charge is 0.256 e. The Bertz CT molecular complexity index is 639. The Morgan fingerprint density at radius 2 is 2.32 bits per heavy atom. The number of nitrogens with zero attached hydrogens (tertiary/aromatic N) is 2. The largest absolute Gasteiger partial charge is 0.365 e. The minimum absolute atomic E-state index is 0. The molecular formula is C12H13ClN4OS. The summed E-state index contributed by atoms with van der Waals surface area (Å²) < 4.78 is 0. The summed E-state index contributed by atoms with van der Waals surface area (Å²) in [7, 11) is 0. The van der Waals surface area contributed by atoms with Gasteiger partial charge in [0, 0.05) is 36.3 Å². The summed E-state index contributed by atoms with van der Waals surface area (Å²) >= 11 is 1.50. The maximum Gasteiger partial charge on any atom is 0.256 e. The summed E-state index contributed by atoms with van der Waals surface area (Å²) in [6, 6.07) is 3.93. The molecule has 0 atom stereocenters. The van der Waals surface area contributed by atoms with Crippen molar-refractivity contribution in [3.8, 4) is 0 Å². The minimum atomic E-state index is -0.371. The molecule has 1 aliphatic heterocycles. The van der Waals surface area contributed by atoms with Gasteiger partial charge in [-0.05, 0) is 12.1 Å². The Morgan fingerprint density at radius 3 is 3.11 bits per heavy atom. The molecule has 0 fully saturated rings. The topological polar surface area (TPSA) is 75.0 Å². The molecule has 0 radical (unpaired) electrons. The number of pyridine rings is 1. The van der Waals surface area contributed by atoms with Crippen LogP contribution in [-0.2, 0) is 4.79 Å². The summed E-state index contributed by atoms with van der Waals surface area (Å²) in [5.74, 6) is 0.479. The van der Waals surface area contributed by atoms with Crippen LogP contribution in [0.15, 0.2) is 35.6 Å². The van der Waals surface area contributed by atoms with Crippen LogP contribution in [-0.4, -0.2) is 28.2 Å². The summed E-state index contributed by atoms with van der Waals surface area (Å²) in [5, 5.41) is 1.05. The first-order chi connectivity index (χ1) is 8.75. The molecule has 2 aromatic heterocycles. The van der Waals surface area contributed by atoms with E-state index in [4.69, 9.17) is 5.73 Å². The van der Waals surface area contributed by atoms with Crippen molar-refractivity contribution in [1.82, 2.24) is 9.97 Å². The number of primary amides is 1. The number of carbonyl (C=O) groups excluding carboxylic acids is 1. The molecule has 0 unspecified atom stereocenters. The highest BCUT2D eigenvalue weighted by Crippen LogP contribution is 2.30. The standard InChI is InChI=1S/C12H12N4OS.ClH/c13-11(17)10-7-16(5-6-18-10)9-2-4-15-12-8(9)1-3-14-12;/h1-4,7H,5-6H2,(H2,13,17)(H,14,15);1H. The van der Waals surface area contributed by atoms with Gasteiger partial charge in [-0.3, -0.25) is 4.79 Å². The maximum atomic E-state index is 11.2. The van der Waals surface area contributed by atoms with E-state index in [2.05, 4.69) is 14.9 Å². The molecule has 0 saturated carbocycles. The lowest BCUT2D eigenvalue weighted by molar-refractivity contribution is -0.113. The maximum absolute atomic E-state index is 11.2. The van der Waals surface area contributed by atoms with Crippen LogP contribution < -0.4 is 10.6 Å². The van der Waals surface area contributed by atoms with E-state index in [1.165, 1.54) is 11.8 Å². The Hall–Kier alpha value is -1.66. The van der Waals surface area contributed by atoms with Gasteiger partial charge in [-0.1, -0.05) is 0 Å². The normalized spacial score (nSPS) is 14.9. The summed E-state index contributed by atoms with van der Waals surface area (Å²) in [5.41, 5.74) is 7.22. The molecule has 0 saturated heterocycles. The monoisotopic (exact) mass is 296 g/mol. The SMILES string of the molecule is Cl.NC(=O)C1=CN(c2ccnc3[nH]ccc23)CCS1. The quantitative estimate of drug-likeness (QED) is 0.887. The van der Waals surface area contributed by atoms with E-state index in [9.17, 15) is 4.79 Å². The van der Waals surface area contributed by atoms with Crippen LogP contribution >= 0.6 is 24.2 Å². The average Bonchev–Trinajstić information content (AvgIpc) is 2.87. The first-order valence-electron chi connectivity index (χ1n) is 5.59. The van der Waals surface area contributed by atoms with Gasteiger partial charge in [0.05, 0.1) is 10.6 Å². The zero-order valence-electron chi connectivity index (χ0n) is 10.00. The van der Waals surface area contributed by atoms with Gasteiger partial charge in [0.15, 0.2) is 0 Å². The molecule has 100 valence electrons. The highest BCUT2D eigenvalue weighted by atomic mass is 35.5. The van der Waals surface area contributed by atoms with Crippen molar-refractivity contribution in [2.24, 2.45) is 5.73 Å². The number of anilines is 1. The van der Waals surface area contributed by atoms with Crippen LogP contribution in [0.3, 0.4) is 0 Å². The summed E-state index contributed by atoms with van der Waals surface area (Å²) in [6.07, 6.45) is 5.44. The van der Waals surface area contributed by atoms with Gasteiger partial charge in [0.25, 0.3) is 5.91 Å². The first kappa shape index (κ1) is 13.8. The Balaban J connectivity index is 0.00000133. The second-order valence-corrected chi connectivity index (χ2v) is 5.11. The fourth-order valence-corrected chi connectivity index (χ4v) is 2.87. The van der Waals surface area contributed by atoms with Crippen molar-refractivity contribution < 1.29 is 4.79 Å². The molecular weight excluding hydrogens is 284 g/mol. The third-order valence-electron chi connectivity index (χ3n) is 2.85. The molecule has 0 spiro atoms. The molecule has 1 aliphatic rings. The van der Waals surface area contributed by atoms with E-state index < -0.39 is 0 Å². The molecule has 0 aliphatic carbocycles. The van der Waals surface area contributed by atoms with Crippen molar-refractivity contribution in [1.29, 1.82) is 0 Å². The predicted molar refractivity (Wildman–Crippen MR) is 80.4 cm³/mol. The predicted octanol–water partition coefficient (Wildman–Crippen LogP) is 1.86. The summed E-state index contributed by atoms with van der Waals surface area (Å²) in [4.78, 5) is 21.2. The number of nitrogens with one attached hydrogen (secondary N) is 1. The number of amides is 1. The zero-order valence-corrected chi connectivity index (χ0v) is 11.6. The molecule has 7 heteroatoms. The number of rotatable bonds is 2. The van der Waals surface area contributed by atoms with Gasteiger partial charge in [-0.2, -0.15) is 0 Å². The number of nitrogens with two attached hydrogens (primary N) is 1. The number of aromatic nitrogens is 2. The molecule has 3 N–H and O–H groups in total. The fourth-order valence-electron chi connectivity index (χ4n) is 2.02. The van der Waals surface area contributed by atoms with Crippen molar-refractivity contribution >= 4 is 46.8 Å². The number of carbonyl (C=O) groups is 1. The highest BCUT2D eigenvalue weighted by molar-refractivity contribution is 8.04. The molecule has 5 nitrogen and oxygen atoms in total. The number of thioether (sulfide) groups is 1. The van der Waals surface area contributed by atoms with E-state index >= 15 is 0 Å². The lowest BCUT2D eigenvalue weighted by Crippen LogP contribution is -2.27. The van der Waals surface area contributed by atoms with E-state index in [0.29, 0.717) is 4.91 Å². The number of hydrogen-bond donors (Lipinski definition) is 2. The fraction of sp³-hybridized carbons (Fsp3) is 0.167. The first-order valence-corrected chi connectivity index (χ1v) is 6.57. The third kappa shape index (κ3) is 2.54. The van der Waals surface area contributed by atoms with Crippen molar-refractivity contribution in [2.75, 3.05) is 17.2 Å². The number of halogens is 1. The number of aromatic amines is 1. The van der Waals surface area contributed by atoms with E-state index in [-0.39, 0.29) is 18.3 Å². The number of H-pyrrole nitrogens is 1. The highest BCUT2D eigenvalue weighted by Gasteiger charge is 2.17. The van der Waals surface area contributed by atoms with Crippen molar-refractivity contribution in [2.45, 2.75) is 0 Å². The molecule has 2 aromatic rings. The van der Waals surface area contributed by atoms with Gasteiger partial charge in [-0.25, -0.2) is 4.98 Å². The molecule has 0 bridgehead atoms. The van der Waals surface area contributed by atoms with Crippen LogP contribution in [0.25, 0.3) is 11.0 Å². The van der Waals surface area contributed by atoms with Crippen LogP contribution in [0.5, 0.6) is 0 Å². The van der Waals surface area contributed by atoms with Crippen LogP contribution in [0, 0.1) is 0 Å². The Labute approximate surface area is 120 Å². The van der Waals surface area contributed by atoms with E-state index in [0.717, 1.165) is 29.0 Å². The molecule has 19 heavy (non-hydrogen) atoms. The molecule has 0 aromatic carbocycles. The lowest BCUT2D eigenvalue weighted by Gasteiger charge is -2.25. The third-order valence-corrected chi connectivity index (χ3v) is 3.86. The number of fused-ring (bicyclic) bond motifs is 1. The Kier molecular flexibility index (Phi) is 4.01. The zero-order chi connectivity index (χ0) is 12.5. The van der Waals surface area contributed by atoms with Gasteiger partial charge in [0.1, 0.15) is 5.65 Å². The average molecular weight is 297 g/mol. The van der Waals surface area contributed by atoms with Crippen LogP contribution in [0.2, 0.25) is 0 Å². The van der Waals surface area contributed by atoms with Gasteiger partial charge >= 0.3 is 0 Å².